The number of aromatic nitrogens is 3. The molecule has 10 heteroatoms. The summed E-state index contributed by atoms with van der Waals surface area (Å²) in [6, 6.07) is 7.89. The van der Waals surface area contributed by atoms with Crippen molar-refractivity contribution in [2.75, 3.05) is 38.5 Å². The molecule has 30 heavy (non-hydrogen) atoms. The zero-order valence-electron chi connectivity index (χ0n) is 16.8. The Morgan fingerprint density at radius 3 is 2.87 bits per heavy atom. The minimum Gasteiger partial charge on any atom is -0.376 e. The number of hydrogen-bond acceptors (Lipinski definition) is 6. The molecule has 8 nitrogen and oxygen atoms in total. The molecule has 2 fully saturated rings. The quantitative estimate of drug-likeness (QED) is 0.647. The van der Waals surface area contributed by atoms with Crippen molar-refractivity contribution in [1.82, 2.24) is 24.6 Å². The van der Waals surface area contributed by atoms with E-state index in [-0.39, 0.29) is 23.5 Å². The van der Waals surface area contributed by atoms with E-state index in [0.717, 1.165) is 44.1 Å². The zero-order chi connectivity index (χ0) is 20.9. The molecule has 1 N–H and O–H groups in total. The zero-order valence-corrected chi connectivity index (χ0v) is 18.3. The summed E-state index contributed by atoms with van der Waals surface area (Å²) in [4.78, 5) is 28.9. The average Bonchev–Trinajstić information content (AvgIpc) is 3.38. The summed E-state index contributed by atoms with van der Waals surface area (Å²) in [6.07, 6.45) is 2.00. The number of carbonyl (C=O) groups excluding carboxylic acids is 1. The average molecular weight is 452 g/mol. The standard InChI is InChI=1S/C20H26ClN5O3S/c21-16-4-1-3-15(11-16)12-24-6-8-25(9-7-24)18(27)14-30-20-23-22-19(28)26(20)13-17-5-2-10-29-17/h1,3-4,11,17H,2,5-10,12-14H2,(H,22,28). The normalized spacial score (nSPS) is 20.0. The number of aromatic amines is 1. The number of amides is 1. The monoisotopic (exact) mass is 451 g/mol. The number of hydrogen-bond donors (Lipinski definition) is 1. The Labute approximate surface area is 184 Å². The number of H-pyrrole nitrogens is 1. The number of halogens is 1. The molecule has 3 heterocycles. The predicted octanol–water partition coefficient (Wildman–Crippen LogP) is 1.84. The van der Waals surface area contributed by atoms with Gasteiger partial charge < -0.3 is 9.64 Å². The molecule has 2 aromatic rings. The fourth-order valence-electron chi connectivity index (χ4n) is 3.83. The Bertz CT molecular complexity index is 919. The summed E-state index contributed by atoms with van der Waals surface area (Å²) >= 11 is 7.37. The van der Waals surface area contributed by atoms with Crippen molar-refractivity contribution in [3.05, 3.63) is 45.3 Å². The molecular weight excluding hydrogens is 426 g/mol. The number of rotatable bonds is 7. The third kappa shape index (κ3) is 5.46. The van der Waals surface area contributed by atoms with Crippen molar-refractivity contribution in [3.8, 4) is 0 Å². The number of benzene rings is 1. The smallest absolute Gasteiger partial charge is 0.344 e. The van der Waals surface area contributed by atoms with Crippen LogP contribution in [-0.2, 0) is 22.6 Å². The highest BCUT2D eigenvalue weighted by atomic mass is 35.5. The van der Waals surface area contributed by atoms with Gasteiger partial charge in [-0.2, -0.15) is 0 Å². The second-order valence-electron chi connectivity index (χ2n) is 7.63. The lowest BCUT2D eigenvalue weighted by Gasteiger charge is -2.34. The Balaban J connectivity index is 1.25. The number of ether oxygens (including phenoxy) is 1. The van der Waals surface area contributed by atoms with E-state index in [4.69, 9.17) is 16.3 Å². The van der Waals surface area contributed by atoms with Crippen LogP contribution in [0.15, 0.2) is 34.2 Å². The van der Waals surface area contributed by atoms with Crippen LogP contribution in [0, 0.1) is 0 Å². The van der Waals surface area contributed by atoms with Gasteiger partial charge in [0.1, 0.15) is 0 Å². The van der Waals surface area contributed by atoms with E-state index < -0.39 is 0 Å². The molecule has 1 amide bonds. The van der Waals surface area contributed by atoms with Gasteiger partial charge in [-0.25, -0.2) is 9.89 Å². The maximum atomic E-state index is 12.7. The van der Waals surface area contributed by atoms with Crippen LogP contribution in [0.25, 0.3) is 0 Å². The third-order valence-corrected chi connectivity index (χ3v) is 6.67. The molecule has 2 aliphatic heterocycles. The molecule has 0 radical (unpaired) electrons. The van der Waals surface area contributed by atoms with Crippen molar-refractivity contribution in [3.63, 3.8) is 0 Å². The largest absolute Gasteiger partial charge is 0.376 e. The molecular formula is C20H26ClN5O3S. The Morgan fingerprint density at radius 2 is 2.13 bits per heavy atom. The van der Waals surface area contributed by atoms with Gasteiger partial charge in [-0.05, 0) is 30.5 Å². The van der Waals surface area contributed by atoms with Gasteiger partial charge in [0.15, 0.2) is 5.16 Å². The van der Waals surface area contributed by atoms with Gasteiger partial charge in [-0.15, -0.1) is 5.10 Å². The van der Waals surface area contributed by atoms with Crippen molar-refractivity contribution in [1.29, 1.82) is 0 Å². The maximum Gasteiger partial charge on any atom is 0.344 e. The SMILES string of the molecule is O=C(CSc1n[nH]c(=O)n1CC1CCCO1)N1CCN(Cc2cccc(Cl)c2)CC1. The highest BCUT2D eigenvalue weighted by molar-refractivity contribution is 7.99. The molecule has 0 saturated carbocycles. The predicted molar refractivity (Wildman–Crippen MR) is 116 cm³/mol. The Morgan fingerprint density at radius 1 is 1.30 bits per heavy atom. The Kier molecular flexibility index (Phi) is 7.14. The molecule has 1 atom stereocenters. The summed E-state index contributed by atoms with van der Waals surface area (Å²) in [6.45, 7) is 5.10. The van der Waals surface area contributed by atoms with Gasteiger partial charge in [0.25, 0.3) is 0 Å². The number of piperazine rings is 1. The lowest BCUT2D eigenvalue weighted by atomic mass is 10.2. The summed E-state index contributed by atoms with van der Waals surface area (Å²) in [5, 5.41) is 7.86. The van der Waals surface area contributed by atoms with Crippen LogP contribution < -0.4 is 5.69 Å². The van der Waals surface area contributed by atoms with Crippen LogP contribution in [0.1, 0.15) is 18.4 Å². The van der Waals surface area contributed by atoms with Gasteiger partial charge in [-0.1, -0.05) is 35.5 Å². The molecule has 0 spiro atoms. The lowest BCUT2D eigenvalue weighted by Crippen LogP contribution is -2.48. The third-order valence-electron chi connectivity index (χ3n) is 5.48. The van der Waals surface area contributed by atoms with Gasteiger partial charge in [0, 0.05) is 44.4 Å². The van der Waals surface area contributed by atoms with E-state index in [0.29, 0.717) is 24.8 Å². The fourth-order valence-corrected chi connectivity index (χ4v) is 4.90. The first kappa shape index (κ1) is 21.4. The molecule has 1 aromatic carbocycles. The minimum absolute atomic E-state index is 0.0444. The van der Waals surface area contributed by atoms with Crippen LogP contribution >= 0.6 is 23.4 Å². The Hall–Kier alpha value is -1.81. The van der Waals surface area contributed by atoms with E-state index in [9.17, 15) is 9.59 Å². The molecule has 0 aliphatic carbocycles. The maximum absolute atomic E-state index is 12.7. The van der Waals surface area contributed by atoms with Crippen molar-refractivity contribution >= 4 is 29.3 Å². The molecule has 1 unspecified atom stereocenters. The van der Waals surface area contributed by atoms with Crippen molar-refractivity contribution in [2.45, 2.75) is 37.2 Å². The van der Waals surface area contributed by atoms with Crippen molar-refractivity contribution in [2.24, 2.45) is 0 Å². The number of carbonyl (C=O) groups is 1. The van der Waals surface area contributed by atoms with E-state index in [1.54, 1.807) is 4.57 Å². The summed E-state index contributed by atoms with van der Waals surface area (Å²) in [5.74, 6) is 0.339. The number of nitrogens with zero attached hydrogens (tertiary/aromatic N) is 4. The van der Waals surface area contributed by atoms with Crippen LogP contribution in [0.4, 0.5) is 0 Å². The molecule has 2 aliphatic rings. The second kappa shape index (κ2) is 10.00. The minimum atomic E-state index is -0.255. The first-order chi connectivity index (χ1) is 14.6. The van der Waals surface area contributed by atoms with Gasteiger partial charge in [0.05, 0.1) is 18.4 Å². The molecule has 1 aromatic heterocycles. The highest BCUT2D eigenvalue weighted by Gasteiger charge is 2.23. The van der Waals surface area contributed by atoms with E-state index in [1.165, 1.54) is 17.3 Å². The fraction of sp³-hybridized carbons (Fsp3) is 0.550. The topological polar surface area (TPSA) is 83.5 Å². The van der Waals surface area contributed by atoms with Crippen LogP contribution in [0.2, 0.25) is 5.02 Å². The van der Waals surface area contributed by atoms with E-state index in [1.807, 2.05) is 23.1 Å². The number of thioether (sulfide) groups is 1. The molecule has 2 saturated heterocycles. The van der Waals surface area contributed by atoms with Crippen LogP contribution in [0.3, 0.4) is 0 Å². The first-order valence-corrected chi connectivity index (χ1v) is 11.6. The molecule has 0 bridgehead atoms. The van der Waals surface area contributed by atoms with Gasteiger partial charge >= 0.3 is 5.69 Å². The summed E-state index contributed by atoms with van der Waals surface area (Å²) in [7, 11) is 0. The lowest BCUT2D eigenvalue weighted by molar-refractivity contribution is -0.130. The van der Waals surface area contributed by atoms with Crippen molar-refractivity contribution < 1.29 is 9.53 Å². The van der Waals surface area contributed by atoms with Gasteiger partial charge in [0.2, 0.25) is 5.91 Å². The first-order valence-electron chi connectivity index (χ1n) is 10.2. The van der Waals surface area contributed by atoms with Crippen LogP contribution in [0.5, 0.6) is 0 Å². The van der Waals surface area contributed by atoms with E-state index in [2.05, 4.69) is 21.2 Å². The summed E-state index contributed by atoms with van der Waals surface area (Å²) < 4.78 is 7.20. The second-order valence-corrected chi connectivity index (χ2v) is 9.01. The van der Waals surface area contributed by atoms with Crippen LogP contribution in [-0.4, -0.2) is 75.1 Å². The summed E-state index contributed by atoms with van der Waals surface area (Å²) in [5.41, 5.74) is 0.927. The molecule has 4 rings (SSSR count). The highest BCUT2D eigenvalue weighted by Crippen LogP contribution is 2.19. The van der Waals surface area contributed by atoms with E-state index >= 15 is 0 Å². The molecule has 162 valence electrons. The van der Waals surface area contributed by atoms with Gasteiger partial charge in [-0.3, -0.25) is 14.3 Å². The number of nitrogens with one attached hydrogen (secondary N) is 1.